The molecule has 1 saturated heterocycles. The van der Waals surface area contributed by atoms with Crippen LogP contribution in [-0.4, -0.2) is 53.0 Å². The Morgan fingerprint density at radius 3 is 2.47 bits per heavy atom. The minimum atomic E-state index is -0.0341. The molecule has 2 heterocycles. The van der Waals surface area contributed by atoms with Crippen LogP contribution in [0.25, 0.3) is 16.9 Å². The quantitative estimate of drug-likeness (QED) is 0.656. The molecule has 1 aromatic heterocycles. The van der Waals surface area contributed by atoms with Crippen LogP contribution in [0.5, 0.6) is 5.75 Å². The Morgan fingerprint density at radius 1 is 1.10 bits per heavy atom. The van der Waals surface area contributed by atoms with Gasteiger partial charge >= 0.3 is 0 Å². The summed E-state index contributed by atoms with van der Waals surface area (Å²) in [5.41, 5.74) is 4.15. The third-order valence-corrected chi connectivity index (χ3v) is 5.29. The summed E-state index contributed by atoms with van der Waals surface area (Å²) in [6.45, 7) is 7.17. The van der Waals surface area contributed by atoms with E-state index in [1.165, 1.54) is 5.56 Å². The molecule has 2 atom stereocenters. The Hall–Kier alpha value is -3.12. The summed E-state index contributed by atoms with van der Waals surface area (Å²) in [4.78, 5) is 15.4. The van der Waals surface area contributed by atoms with Gasteiger partial charge in [-0.3, -0.25) is 4.79 Å². The van der Waals surface area contributed by atoms with Crippen LogP contribution in [0.15, 0.2) is 54.7 Å². The zero-order chi connectivity index (χ0) is 21.3. The summed E-state index contributed by atoms with van der Waals surface area (Å²) in [6.07, 6.45) is 1.84. The molecule has 1 aliphatic heterocycles. The molecule has 0 saturated carbocycles. The van der Waals surface area contributed by atoms with Crippen molar-refractivity contribution in [3.8, 4) is 22.7 Å². The number of rotatable bonds is 4. The van der Waals surface area contributed by atoms with E-state index in [0.29, 0.717) is 24.3 Å². The number of amides is 1. The monoisotopic (exact) mass is 405 g/mol. The second kappa shape index (κ2) is 8.32. The Bertz CT molecular complexity index is 1030. The van der Waals surface area contributed by atoms with Crippen LogP contribution in [0.1, 0.15) is 29.8 Å². The Balaban J connectivity index is 1.78. The number of morpholine rings is 1. The van der Waals surface area contributed by atoms with Gasteiger partial charge in [-0.1, -0.05) is 29.8 Å². The second-order valence-electron chi connectivity index (χ2n) is 7.87. The zero-order valence-corrected chi connectivity index (χ0v) is 17.8. The van der Waals surface area contributed by atoms with Gasteiger partial charge < -0.3 is 14.4 Å². The fourth-order valence-corrected chi connectivity index (χ4v) is 3.86. The number of aryl methyl sites for hydroxylation is 1. The number of carbonyl (C=O) groups excluding carboxylic acids is 1. The van der Waals surface area contributed by atoms with Crippen LogP contribution < -0.4 is 4.74 Å². The molecule has 0 radical (unpaired) electrons. The van der Waals surface area contributed by atoms with E-state index in [2.05, 4.69) is 0 Å². The SMILES string of the molecule is COc1cccc(-c2nn(-c3ccc(C)cc3)cc2C(=O)N2C[C@@H](C)O[C@H](C)C2)c1. The second-order valence-corrected chi connectivity index (χ2v) is 7.87. The van der Waals surface area contributed by atoms with Gasteiger partial charge in [-0.15, -0.1) is 0 Å². The first kappa shape index (κ1) is 20.2. The lowest BCUT2D eigenvalue weighted by Crippen LogP contribution is -2.48. The maximum Gasteiger partial charge on any atom is 0.257 e. The van der Waals surface area contributed by atoms with Crippen molar-refractivity contribution in [1.82, 2.24) is 14.7 Å². The van der Waals surface area contributed by atoms with Crippen LogP contribution in [0.3, 0.4) is 0 Å². The van der Waals surface area contributed by atoms with Gasteiger partial charge in [0.05, 0.1) is 30.6 Å². The van der Waals surface area contributed by atoms with Crippen molar-refractivity contribution in [3.63, 3.8) is 0 Å². The lowest BCUT2D eigenvalue weighted by atomic mass is 10.1. The van der Waals surface area contributed by atoms with E-state index in [1.807, 2.05) is 80.4 Å². The van der Waals surface area contributed by atoms with Gasteiger partial charge in [-0.2, -0.15) is 5.10 Å². The predicted molar refractivity (Wildman–Crippen MR) is 116 cm³/mol. The fourth-order valence-electron chi connectivity index (χ4n) is 3.86. The van der Waals surface area contributed by atoms with Crippen molar-refractivity contribution in [2.24, 2.45) is 0 Å². The first-order valence-corrected chi connectivity index (χ1v) is 10.2. The summed E-state index contributed by atoms with van der Waals surface area (Å²) in [7, 11) is 1.63. The first-order chi connectivity index (χ1) is 14.4. The molecule has 30 heavy (non-hydrogen) atoms. The molecule has 156 valence electrons. The fraction of sp³-hybridized carbons (Fsp3) is 0.333. The molecule has 2 aromatic carbocycles. The summed E-state index contributed by atoms with van der Waals surface area (Å²) >= 11 is 0. The minimum absolute atomic E-state index is 0.00473. The molecule has 1 fully saturated rings. The summed E-state index contributed by atoms with van der Waals surface area (Å²) in [6, 6.07) is 15.7. The van der Waals surface area contributed by atoms with Crippen LogP contribution in [0.2, 0.25) is 0 Å². The number of ether oxygens (including phenoxy) is 2. The highest BCUT2D eigenvalue weighted by Gasteiger charge is 2.29. The molecule has 0 bridgehead atoms. The Morgan fingerprint density at radius 2 is 1.80 bits per heavy atom. The number of aromatic nitrogens is 2. The highest BCUT2D eigenvalue weighted by Crippen LogP contribution is 2.28. The largest absolute Gasteiger partial charge is 0.497 e. The van der Waals surface area contributed by atoms with Crippen LogP contribution in [0, 0.1) is 6.92 Å². The van der Waals surface area contributed by atoms with Gasteiger partial charge in [-0.25, -0.2) is 4.68 Å². The van der Waals surface area contributed by atoms with Crippen molar-refractivity contribution >= 4 is 5.91 Å². The smallest absolute Gasteiger partial charge is 0.257 e. The lowest BCUT2D eigenvalue weighted by Gasteiger charge is -2.35. The molecule has 4 rings (SSSR count). The van der Waals surface area contributed by atoms with Crippen LogP contribution >= 0.6 is 0 Å². The average molecular weight is 405 g/mol. The number of nitrogens with zero attached hydrogens (tertiary/aromatic N) is 3. The molecule has 6 nitrogen and oxygen atoms in total. The normalized spacial score (nSPS) is 19.0. The summed E-state index contributed by atoms with van der Waals surface area (Å²) in [5, 5.41) is 4.79. The third-order valence-electron chi connectivity index (χ3n) is 5.29. The van der Waals surface area contributed by atoms with Crippen molar-refractivity contribution in [2.75, 3.05) is 20.2 Å². The van der Waals surface area contributed by atoms with Crippen LogP contribution in [-0.2, 0) is 4.74 Å². The van der Waals surface area contributed by atoms with Gasteiger partial charge in [0.25, 0.3) is 5.91 Å². The van der Waals surface area contributed by atoms with E-state index in [4.69, 9.17) is 14.6 Å². The minimum Gasteiger partial charge on any atom is -0.497 e. The van der Waals surface area contributed by atoms with Crippen molar-refractivity contribution in [2.45, 2.75) is 33.0 Å². The maximum atomic E-state index is 13.5. The van der Waals surface area contributed by atoms with E-state index in [-0.39, 0.29) is 18.1 Å². The van der Waals surface area contributed by atoms with Crippen molar-refractivity contribution in [3.05, 3.63) is 65.9 Å². The molecule has 0 aliphatic carbocycles. The molecular formula is C24H27N3O3. The number of benzene rings is 2. The topological polar surface area (TPSA) is 56.6 Å². The van der Waals surface area contributed by atoms with Gasteiger partial charge in [-0.05, 0) is 45.0 Å². The van der Waals surface area contributed by atoms with E-state index < -0.39 is 0 Å². The predicted octanol–water partition coefficient (Wildman–Crippen LogP) is 4.11. The lowest BCUT2D eigenvalue weighted by molar-refractivity contribution is -0.0586. The maximum absolute atomic E-state index is 13.5. The number of carbonyl (C=O) groups is 1. The Kier molecular flexibility index (Phi) is 5.59. The molecule has 0 N–H and O–H groups in total. The zero-order valence-electron chi connectivity index (χ0n) is 17.8. The van der Waals surface area contributed by atoms with Gasteiger partial charge in [0.15, 0.2) is 0 Å². The standard InChI is InChI=1S/C24H27N3O3/c1-16-8-10-20(11-9-16)27-15-22(24(28)26-13-17(2)30-18(3)14-26)23(25-27)19-6-5-7-21(12-19)29-4/h5-12,15,17-18H,13-14H2,1-4H3/t17-,18-/m1/s1. The Labute approximate surface area is 177 Å². The molecule has 0 spiro atoms. The highest BCUT2D eigenvalue weighted by atomic mass is 16.5. The number of hydrogen-bond acceptors (Lipinski definition) is 4. The molecule has 1 amide bonds. The van der Waals surface area contributed by atoms with Gasteiger partial charge in [0, 0.05) is 24.8 Å². The molecule has 1 aliphatic rings. The number of hydrogen-bond donors (Lipinski definition) is 0. The van der Waals surface area contributed by atoms with Crippen molar-refractivity contribution in [1.29, 1.82) is 0 Å². The molecular weight excluding hydrogens is 378 g/mol. The summed E-state index contributed by atoms with van der Waals surface area (Å²) < 4.78 is 13.0. The van der Waals surface area contributed by atoms with Gasteiger partial charge in [0.2, 0.25) is 0 Å². The highest BCUT2D eigenvalue weighted by molar-refractivity contribution is 6.00. The van der Waals surface area contributed by atoms with Gasteiger partial charge in [0.1, 0.15) is 11.4 Å². The molecule has 6 heteroatoms. The third kappa shape index (κ3) is 4.09. The van der Waals surface area contributed by atoms with E-state index in [0.717, 1.165) is 17.0 Å². The average Bonchev–Trinajstić information content (AvgIpc) is 3.18. The molecule has 0 unspecified atom stereocenters. The van der Waals surface area contributed by atoms with E-state index >= 15 is 0 Å². The van der Waals surface area contributed by atoms with Crippen LogP contribution in [0.4, 0.5) is 0 Å². The molecule has 3 aromatic rings. The first-order valence-electron chi connectivity index (χ1n) is 10.2. The number of methoxy groups -OCH3 is 1. The van der Waals surface area contributed by atoms with Crippen molar-refractivity contribution < 1.29 is 14.3 Å². The summed E-state index contributed by atoms with van der Waals surface area (Å²) in [5.74, 6) is 0.692. The van der Waals surface area contributed by atoms with E-state index in [1.54, 1.807) is 11.8 Å². The van der Waals surface area contributed by atoms with E-state index in [9.17, 15) is 4.79 Å².